The number of H-pyrrole nitrogens is 1. The van der Waals surface area contributed by atoms with Gasteiger partial charge >= 0.3 is 0 Å². The first-order valence-corrected chi connectivity index (χ1v) is 6.18. The molecule has 2 N–H and O–H groups in total. The molecule has 1 amide bonds. The van der Waals surface area contributed by atoms with Gasteiger partial charge in [0.25, 0.3) is 0 Å². The first kappa shape index (κ1) is 13.1. The average molecular weight is 259 g/mol. The van der Waals surface area contributed by atoms with Crippen LogP contribution in [0.2, 0.25) is 0 Å². The molecule has 0 aliphatic heterocycles. The molecule has 0 bridgehead atoms. The number of aromatic nitrogens is 1. The Morgan fingerprint density at radius 1 is 1.21 bits per heavy atom. The first-order valence-electron chi connectivity index (χ1n) is 6.18. The Morgan fingerprint density at radius 3 is 2.79 bits per heavy atom. The quantitative estimate of drug-likeness (QED) is 0.785. The SMILES string of the molecule is O=C([O-])CCC(=O)NCCc1c[nH]c2ccccc12. The summed E-state index contributed by atoms with van der Waals surface area (Å²) in [5.41, 5.74) is 2.21. The van der Waals surface area contributed by atoms with Crippen molar-refractivity contribution in [1.82, 2.24) is 10.3 Å². The van der Waals surface area contributed by atoms with Crippen LogP contribution in [-0.4, -0.2) is 23.4 Å². The number of carbonyl (C=O) groups excluding carboxylic acids is 2. The molecule has 1 aromatic heterocycles. The van der Waals surface area contributed by atoms with Crippen LogP contribution >= 0.6 is 0 Å². The second-order valence-corrected chi connectivity index (χ2v) is 4.33. The minimum atomic E-state index is -1.20. The second kappa shape index (κ2) is 6.04. The summed E-state index contributed by atoms with van der Waals surface area (Å²) in [7, 11) is 0. The average Bonchev–Trinajstić information content (AvgIpc) is 2.80. The molecule has 0 spiro atoms. The summed E-state index contributed by atoms with van der Waals surface area (Å²) in [5.74, 6) is -1.46. The Bertz CT molecular complexity index is 589. The van der Waals surface area contributed by atoms with Crippen LogP contribution in [0.4, 0.5) is 0 Å². The maximum atomic E-state index is 11.3. The number of fused-ring (bicyclic) bond motifs is 1. The number of hydrogen-bond donors (Lipinski definition) is 2. The number of nitrogens with one attached hydrogen (secondary N) is 2. The number of aromatic amines is 1. The Hall–Kier alpha value is -2.30. The van der Waals surface area contributed by atoms with Gasteiger partial charge < -0.3 is 20.2 Å². The minimum Gasteiger partial charge on any atom is -0.550 e. The van der Waals surface area contributed by atoms with E-state index in [9.17, 15) is 14.7 Å². The number of carbonyl (C=O) groups is 2. The van der Waals surface area contributed by atoms with Crippen molar-refractivity contribution in [1.29, 1.82) is 0 Å². The standard InChI is InChI=1S/C14H16N2O3/c17-13(5-6-14(18)19)15-8-7-10-9-16-12-4-2-1-3-11(10)12/h1-4,9,16H,5-8H2,(H,15,17)(H,18,19)/p-1. The van der Waals surface area contributed by atoms with Crippen molar-refractivity contribution in [3.05, 3.63) is 36.0 Å². The summed E-state index contributed by atoms with van der Waals surface area (Å²) in [5, 5.41) is 14.1. The topological polar surface area (TPSA) is 85.0 Å². The van der Waals surface area contributed by atoms with E-state index in [4.69, 9.17) is 0 Å². The molecule has 0 aliphatic rings. The van der Waals surface area contributed by atoms with Gasteiger partial charge in [0.15, 0.2) is 0 Å². The largest absolute Gasteiger partial charge is 0.550 e. The fourth-order valence-corrected chi connectivity index (χ4v) is 1.98. The van der Waals surface area contributed by atoms with Crippen molar-refractivity contribution >= 4 is 22.8 Å². The molecule has 0 unspecified atom stereocenters. The third-order valence-corrected chi connectivity index (χ3v) is 2.95. The highest BCUT2D eigenvalue weighted by atomic mass is 16.4. The maximum Gasteiger partial charge on any atom is 0.220 e. The molecule has 0 fully saturated rings. The molecule has 100 valence electrons. The molecule has 0 radical (unpaired) electrons. The van der Waals surface area contributed by atoms with E-state index >= 15 is 0 Å². The predicted octanol–water partition coefficient (Wildman–Crippen LogP) is 0.357. The Kier molecular flexibility index (Phi) is 4.18. The predicted molar refractivity (Wildman–Crippen MR) is 69.3 cm³/mol. The van der Waals surface area contributed by atoms with Crippen molar-refractivity contribution in [3.63, 3.8) is 0 Å². The van der Waals surface area contributed by atoms with E-state index in [-0.39, 0.29) is 18.7 Å². The van der Waals surface area contributed by atoms with E-state index in [0.29, 0.717) is 13.0 Å². The van der Waals surface area contributed by atoms with E-state index < -0.39 is 5.97 Å². The highest BCUT2D eigenvalue weighted by Crippen LogP contribution is 2.17. The summed E-state index contributed by atoms with van der Waals surface area (Å²) in [6, 6.07) is 7.96. The smallest absolute Gasteiger partial charge is 0.220 e. The summed E-state index contributed by atoms with van der Waals surface area (Å²) >= 11 is 0. The van der Waals surface area contributed by atoms with Crippen molar-refractivity contribution in [2.75, 3.05) is 6.54 Å². The molecule has 0 saturated heterocycles. The molecule has 1 aromatic carbocycles. The van der Waals surface area contributed by atoms with E-state index in [0.717, 1.165) is 16.5 Å². The van der Waals surface area contributed by atoms with E-state index in [1.807, 2.05) is 30.5 Å². The van der Waals surface area contributed by atoms with Crippen LogP contribution in [0.25, 0.3) is 10.9 Å². The monoisotopic (exact) mass is 259 g/mol. The van der Waals surface area contributed by atoms with Crippen molar-refractivity contribution in [2.45, 2.75) is 19.3 Å². The summed E-state index contributed by atoms with van der Waals surface area (Å²) in [6.45, 7) is 0.494. The van der Waals surface area contributed by atoms with Crippen LogP contribution < -0.4 is 10.4 Å². The van der Waals surface area contributed by atoms with Gasteiger partial charge in [-0.2, -0.15) is 0 Å². The molecule has 0 atom stereocenters. The fourth-order valence-electron chi connectivity index (χ4n) is 1.98. The lowest BCUT2D eigenvalue weighted by Crippen LogP contribution is -2.29. The van der Waals surface area contributed by atoms with Crippen molar-refractivity contribution in [3.8, 4) is 0 Å². The zero-order valence-electron chi connectivity index (χ0n) is 10.4. The number of hydrogen-bond acceptors (Lipinski definition) is 3. The van der Waals surface area contributed by atoms with Gasteiger partial charge in [-0.25, -0.2) is 0 Å². The van der Waals surface area contributed by atoms with Crippen LogP contribution in [0.15, 0.2) is 30.5 Å². The van der Waals surface area contributed by atoms with Crippen molar-refractivity contribution in [2.24, 2.45) is 0 Å². The van der Waals surface area contributed by atoms with Crippen LogP contribution in [0.1, 0.15) is 18.4 Å². The van der Waals surface area contributed by atoms with Gasteiger partial charge in [-0.15, -0.1) is 0 Å². The second-order valence-electron chi connectivity index (χ2n) is 4.33. The molecule has 0 aliphatic carbocycles. The van der Waals surface area contributed by atoms with Gasteiger partial charge in [0.1, 0.15) is 0 Å². The van der Waals surface area contributed by atoms with Crippen LogP contribution in [0.5, 0.6) is 0 Å². The van der Waals surface area contributed by atoms with Gasteiger partial charge in [0, 0.05) is 36.0 Å². The highest BCUT2D eigenvalue weighted by Gasteiger charge is 2.04. The maximum absolute atomic E-state index is 11.3. The third kappa shape index (κ3) is 3.58. The lowest BCUT2D eigenvalue weighted by atomic mass is 10.1. The molecular weight excluding hydrogens is 244 g/mol. The molecule has 0 saturated carbocycles. The van der Waals surface area contributed by atoms with Gasteiger partial charge in [-0.3, -0.25) is 4.79 Å². The minimum absolute atomic E-state index is 0.0315. The van der Waals surface area contributed by atoms with Crippen LogP contribution in [0.3, 0.4) is 0 Å². The lowest BCUT2D eigenvalue weighted by molar-refractivity contribution is -0.305. The molecule has 2 aromatic rings. The molecular formula is C14H15N2O3-. The summed E-state index contributed by atoms with van der Waals surface area (Å²) in [4.78, 5) is 24.7. The van der Waals surface area contributed by atoms with E-state index in [2.05, 4.69) is 10.3 Å². The number of rotatable bonds is 6. The van der Waals surface area contributed by atoms with Gasteiger partial charge in [0.05, 0.1) is 0 Å². The van der Waals surface area contributed by atoms with E-state index in [1.165, 1.54) is 0 Å². The Balaban J connectivity index is 1.83. The Labute approximate surface area is 110 Å². The number of para-hydroxylation sites is 1. The van der Waals surface area contributed by atoms with Crippen LogP contribution in [-0.2, 0) is 16.0 Å². The normalized spacial score (nSPS) is 10.5. The summed E-state index contributed by atoms with van der Waals surface area (Å²) in [6.07, 6.45) is 2.37. The van der Waals surface area contributed by atoms with Crippen LogP contribution in [0, 0.1) is 0 Å². The number of amides is 1. The van der Waals surface area contributed by atoms with Crippen molar-refractivity contribution < 1.29 is 14.7 Å². The van der Waals surface area contributed by atoms with Gasteiger partial charge in [0.2, 0.25) is 5.91 Å². The zero-order chi connectivity index (χ0) is 13.7. The lowest BCUT2D eigenvalue weighted by Gasteiger charge is -2.05. The molecule has 19 heavy (non-hydrogen) atoms. The molecule has 5 nitrogen and oxygen atoms in total. The van der Waals surface area contributed by atoms with Gasteiger partial charge in [-0.1, -0.05) is 18.2 Å². The molecule has 2 rings (SSSR count). The number of aliphatic carboxylic acids is 1. The number of benzene rings is 1. The molecule has 5 heteroatoms. The number of carboxylic acid groups (broad SMARTS) is 1. The van der Waals surface area contributed by atoms with E-state index in [1.54, 1.807) is 0 Å². The molecule has 1 heterocycles. The highest BCUT2D eigenvalue weighted by molar-refractivity contribution is 5.83. The zero-order valence-corrected chi connectivity index (χ0v) is 10.4. The fraction of sp³-hybridized carbons (Fsp3) is 0.286. The number of carboxylic acids is 1. The Morgan fingerprint density at radius 2 is 2.00 bits per heavy atom. The summed E-state index contributed by atoms with van der Waals surface area (Å²) < 4.78 is 0. The first-order chi connectivity index (χ1) is 9.16. The van der Waals surface area contributed by atoms with Gasteiger partial charge in [-0.05, 0) is 24.5 Å². The third-order valence-electron chi connectivity index (χ3n) is 2.95.